The Morgan fingerprint density at radius 2 is 1.62 bits per heavy atom. The number of ether oxygens (including phenoxy) is 1. The molecule has 0 unspecified atom stereocenters. The largest absolute Gasteiger partial charge is 1.00 e. The Morgan fingerprint density at radius 1 is 1.00 bits per heavy atom. The molecule has 0 saturated heterocycles. The second-order valence-electron chi connectivity index (χ2n) is 4.17. The van der Waals surface area contributed by atoms with Gasteiger partial charge in [-0.2, -0.15) is 0 Å². The Labute approximate surface area is 167 Å². The third kappa shape index (κ3) is 5.58. The van der Waals surface area contributed by atoms with E-state index in [1.54, 1.807) is 0 Å². The Kier molecular flexibility index (Phi) is 7.23. The second-order valence-corrected chi connectivity index (χ2v) is 4.58. The topological polar surface area (TPSA) is 9.23 Å². The molecule has 0 heterocycles. The molecule has 0 atom stereocenters. The standard InChI is InChI=1S/C13H9BClF4O.K/c15-13-7-11(16)4-1-9(13)8-20-12-5-2-10(3-6-12)14(17,18)19;/h1-7H,8H2;/q-1;+1. The van der Waals surface area contributed by atoms with Crippen molar-refractivity contribution in [3.8, 4) is 5.75 Å². The molecule has 0 spiro atoms. The molecule has 2 aromatic carbocycles. The van der Waals surface area contributed by atoms with Gasteiger partial charge in [0.2, 0.25) is 0 Å². The van der Waals surface area contributed by atoms with Crippen molar-refractivity contribution in [2.24, 2.45) is 0 Å². The average molecular weight is 343 g/mol. The van der Waals surface area contributed by atoms with E-state index in [1.807, 2.05) is 0 Å². The Hall–Kier alpha value is -0.0487. The van der Waals surface area contributed by atoms with Crippen molar-refractivity contribution < 1.29 is 73.5 Å². The molecule has 2 aromatic rings. The second kappa shape index (κ2) is 7.99. The first-order valence-corrected chi connectivity index (χ1v) is 6.11. The van der Waals surface area contributed by atoms with Crippen molar-refractivity contribution in [2.75, 3.05) is 0 Å². The molecule has 0 N–H and O–H groups in total. The third-order valence-electron chi connectivity index (χ3n) is 2.67. The molecule has 106 valence electrons. The molecule has 0 aliphatic heterocycles. The van der Waals surface area contributed by atoms with Gasteiger partial charge in [0, 0.05) is 5.56 Å². The fraction of sp³-hybridized carbons (Fsp3) is 0.0769. The number of halogens is 5. The first-order valence-electron chi connectivity index (χ1n) is 5.73. The van der Waals surface area contributed by atoms with Crippen LogP contribution in [-0.4, -0.2) is 6.98 Å². The van der Waals surface area contributed by atoms with Crippen LogP contribution in [0.5, 0.6) is 5.75 Å². The molecule has 8 heteroatoms. The van der Waals surface area contributed by atoms with Crippen LogP contribution in [0.15, 0.2) is 42.5 Å². The van der Waals surface area contributed by atoms with Gasteiger partial charge in [0.05, 0.1) is 5.02 Å². The van der Waals surface area contributed by atoms with E-state index < -0.39 is 18.3 Å². The SMILES string of the molecule is Fc1ccc(COc2ccc([B-](F)(F)F)cc2)c(Cl)c1.[K+]. The van der Waals surface area contributed by atoms with Crippen LogP contribution < -0.4 is 61.6 Å². The maximum Gasteiger partial charge on any atom is 1.00 e. The van der Waals surface area contributed by atoms with Gasteiger partial charge in [-0.15, -0.1) is 5.46 Å². The zero-order chi connectivity index (χ0) is 14.8. The van der Waals surface area contributed by atoms with Crippen LogP contribution in [0, 0.1) is 5.82 Å². The summed E-state index contributed by atoms with van der Waals surface area (Å²) in [6.07, 6.45) is 0. The minimum Gasteiger partial charge on any atom is -0.489 e. The number of benzene rings is 2. The Bertz CT molecular complexity index is 604. The van der Waals surface area contributed by atoms with Crippen molar-refractivity contribution in [1.82, 2.24) is 0 Å². The summed E-state index contributed by atoms with van der Waals surface area (Å²) < 4.78 is 55.4. The van der Waals surface area contributed by atoms with Gasteiger partial charge in [-0.1, -0.05) is 29.8 Å². The molecular weight excluding hydrogens is 333 g/mol. The first kappa shape index (κ1) is 19.0. The summed E-state index contributed by atoms with van der Waals surface area (Å²) in [6, 6.07) is 8.24. The normalized spacial score (nSPS) is 10.9. The zero-order valence-corrected chi connectivity index (χ0v) is 15.0. The Balaban J connectivity index is 0.00000220. The van der Waals surface area contributed by atoms with E-state index in [1.165, 1.54) is 24.3 Å². The van der Waals surface area contributed by atoms with Gasteiger partial charge in [-0.05, 0) is 24.3 Å². The average Bonchev–Trinajstić information content (AvgIpc) is 2.37. The molecule has 2 rings (SSSR count). The minimum absolute atomic E-state index is 0. The summed E-state index contributed by atoms with van der Waals surface area (Å²) >= 11 is 5.81. The van der Waals surface area contributed by atoms with Crippen LogP contribution in [0.4, 0.5) is 17.3 Å². The van der Waals surface area contributed by atoms with Crippen LogP contribution in [0.2, 0.25) is 5.02 Å². The molecule has 0 fully saturated rings. The fourth-order valence-corrected chi connectivity index (χ4v) is 1.80. The zero-order valence-electron chi connectivity index (χ0n) is 11.1. The molecule has 0 amide bonds. The van der Waals surface area contributed by atoms with E-state index >= 15 is 0 Å². The van der Waals surface area contributed by atoms with Crippen LogP contribution in [0.3, 0.4) is 0 Å². The fourth-order valence-electron chi connectivity index (χ4n) is 1.58. The van der Waals surface area contributed by atoms with Gasteiger partial charge in [0.25, 0.3) is 0 Å². The monoisotopic (exact) mass is 342 g/mol. The molecule has 0 radical (unpaired) electrons. The predicted octanol–water partition coefficient (Wildman–Crippen LogP) is 1.12. The van der Waals surface area contributed by atoms with Gasteiger partial charge in [0.1, 0.15) is 18.2 Å². The van der Waals surface area contributed by atoms with Crippen molar-refractivity contribution in [3.63, 3.8) is 0 Å². The third-order valence-corrected chi connectivity index (χ3v) is 3.02. The molecule has 0 bridgehead atoms. The van der Waals surface area contributed by atoms with Crippen LogP contribution in [-0.2, 0) is 6.61 Å². The smallest absolute Gasteiger partial charge is 0.489 e. The molecule has 1 nitrogen and oxygen atoms in total. The summed E-state index contributed by atoms with van der Waals surface area (Å²) in [7, 11) is 0. The Morgan fingerprint density at radius 3 is 2.14 bits per heavy atom. The van der Waals surface area contributed by atoms with Crippen LogP contribution in [0.1, 0.15) is 5.56 Å². The summed E-state index contributed by atoms with van der Waals surface area (Å²) in [4.78, 5) is 0. The maximum atomic E-state index is 12.8. The van der Waals surface area contributed by atoms with Gasteiger partial charge < -0.3 is 17.7 Å². The predicted molar refractivity (Wildman–Crippen MR) is 70.9 cm³/mol. The number of rotatable bonds is 4. The molecule has 0 saturated carbocycles. The van der Waals surface area contributed by atoms with Crippen molar-refractivity contribution in [1.29, 1.82) is 0 Å². The molecular formula is C13H9BClF4KO. The molecule has 0 aliphatic carbocycles. The summed E-state index contributed by atoms with van der Waals surface area (Å²) in [5.41, 5.74) is -0.130. The van der Waals surface area contributed by atoms with Crippen LogP contribution in [0.25, 0.3) is 0 Å². The first-order chi connectivity index (χ1) is 9.36. The summed E-state index contributed by atoms with van der Waals surface area (Å²) in [5, 5.41) is 0.209. The van der Waals surface area contributed by atoms with E-state index in [0.717, 1.165) is 18.2 Å². The van der Waals surface area contributed by atoms with Gasteiger partial charge in [0.15, 0.2) is 0 Å². The van der Waals surface area contributed by atoms with E-state index in [9.17, 15) is 17.3 Å². The summed E-state index contributed by atoms with van der Waals surface area (Å²) in [6.45, 7) is -4.96. The van der Waals surface area contributed by atoms with E-state index in [4.69, 9.17) is 16.3 Å². The maximum absolute atomic E-state index is 12.8. The molecule has 0 aromatic heterocycles. The van der Waals surface area contributed by atoms with Gasteiger partial charge in [-0.25, -0.2) is 4.39 Å². The molecule has 21 heavy (non-hydrogen) atoms. The van der Waals surface area contributed by atoms with Gasteiger partial charge >= 0.3 is 58.4 Å². The van der Waals surface area contributed by atoms with E-state index in [2.05, 4.69) is 0 Å². The summed E-state index contributed by atoms with van der Waals surface area (Å²) in [5.74, 6) is -0.176. The van der Waals surface area contributed by atoms with Gasteiger partial charge in [-0.3, -0.25) is 0 Å². The van der Waals surface area contributed by atoms with Crippen molar-refractivity contribution in [2.45, 2.75) is 6.61 Å². The number of hydrogen-bond acceptors (Lipinski definition) is 1. The van der Waals surface area contributed by atoms with E-state index in [-0.39, 0.29) is 68.8 Å². The minimum atomic E-state index is -5.01. The van der Waals surface area contributed by atoms with Crippen LogP contribution >= 0.6 is 11.6 Å². The van der Waals surface area contributed by atoms with Crippen molar-refractivity contribution in [3.05, 3.63) is 58.9 Å². The van der Waals surface area contributed by atoms with E-state index in [0.29, 0.717) is 5.56 Å². The molecule has 0 aliphatic rings. The quantitative estimate of drug-likeness (QED) is 0.598. The number of hydrogen-bond donors (Lipinski definition) is 0. The van der Waals surface area contributed by atoms with Crippen molar-refractivity contribution >= 4 is 24.0 Å².